The number of ether oxygens (including phenoxy) is 2. The van der Waals surface area contributed by atoms with Crippen molar-refractivity contribution in [3.63, 3.8) is 0 Å². The summed E-state index contributed by atoms with van der Waals surface area (Å²) < 4.78 is 23.2. The molecule has 0 aliphatic carbocycles. The molecule has 3 N–H and O–H groups in total. The normalized spacial score (nSPS) is 12.3. The van der Waals surface area contributed by atoms with Crippen molar-refractivity contribution < 1.29 is 19.0 Å². The van der Waals surface area contributed by atoms with Crippen molar-refractivity contribution >= 4 is 0 Å². The highest BCUT2D eigenvalue weighted by atomic mass is 19.1. The monoisotopic (exact) mass is 215 g/mol. The topological polar surface area (TPSA) is 64.7 Å². The van der Waals surface area contributed by atoms with Crippen molar-refractivity contribution in [3.8, 4) is 11.5 Å². The van der Waals surface area contributed by atoms with Crippen LogP contribution in [0.1, 0.15) is 11.7 Å². The Labute approximate surface area is 87.4 Å². The van der Waals surface area contributed by atoms with Crippen LogP contribution >= 0.6 is 0 Å². The molecule has 4 nitrogen and oxygen atoms in total. The fourth-order valence-corrected chi connectivity index (χ4v) is 1.37. The first-order valence-corrected chi connectivity index (χ1v) is 4.44. The Balaban J connectivity index is 3.33. The van der Waals surface area contributed by atoms with Gasteiger partial charge in [-0.05, 0) is 12.1 Å². The Bertz CT molecular complexity index is 344. The van der Waals surface area contributed by atoms with Crippen molar-refractivity contribution in [1.29, 1.82) is 0 Å². The maximum atomic E-state index is 13.3. The van der Waals surface area contributed by atoms with Gasteiger partial charge in [-0.2, -0.15) is 0 Å². The largest absolute Gasteiger partial charge is 0.496 e. The number of methoxy groups -OCH3 is 2. The molecule has 1 atom stereocenters. The Hall–Kier alpha value is -1.33. The highest BCUT2D eigenvalue weighted by Crippen LogP contribution is 2.35. The third-order valence-corrected chi connectivity index (χ3v) is 2.09. The average Bonchev–Trinajstić information content (AvgIpc) is 2.27. The van der Waals surface area contributed by atoms with Crippen molar-refractivity contribution in [3.05, 3.63) is 23.5 Å². The molecule has 0 aliphatic rings. The Morgan fingerprint density at radius 2 is 2.07 bits per heavy atom. The highest BCUT2D eigenvalue weighted by Gasteiger charge is 2.20. The van der Waals surface area contributed by atoms with Crippen LogP contribution in [-0.4, -0.2) is 25.9 Å². The molecule has 0 unspecified atom stereocenters. The second kappa shape index (κ2) is 4.95. The van der Waals surface area contributed by atoms with Crippen LogP contribution in [0.5, 0.6) is 11.5 Å². The van der Waals surface area contributed by atoms with Crippen LogP contribution in [0.3, 0.4) is 0 Å². The molecule has 0 amide bonds. The summed E-state index contributed by atoms with van der Waals surface area (Å²) in [6, 6.07) is 2.64. The van der Waals surface area contributed by atoms with E-state index in [-0.39, 0.29) is 17.9 Å². The van der Waals surface area contributed by atoms with Crippen LogP contribution in [0, 0.1) is 5.82 Å². The van der Waals surface area contributed by atoms with Crippen LogP contribution in [0.15, 0.2) is 12.1 Å². The zero-order valence-corrected chi connectivity index (χ0v) is 8.66. The SMILES string of the molecule is COc1ccc(F)c(OC)c1[C@@H](O)CN. The van der Waals surface area contributed by atoms with Gasteiger partial charge in [0.05, 0.1) is 25.9 Å². The average molecular weight is 215 g/mol. The van der Waals surface area contributed by atoms with Gasteiger partial charge < -0.3 is 20.3 Å². The molecule has 84 valence electrons. The molecule has 15 heavy (non-hydrogen) atoms. The molecule has 0 bridgehead atoms. The molecule has 1 aromatic rings. The quantitative estimate of drug-likeness (QED) is 0.781. The highest BCUT2D eigenvalue weighted by molar-refractivity contribution is 5.47. The van der Waals surface area contributed by atoms with Crippen LogP contribution in [0.2, 0.25) is 0 Å². The van der Waals surface area contributed by atoms with Gasteiger partial charge in [-0.1, -0.05) is 0 Å². The van der Waals surface area contributed by atoms with Gasteiger partial charge in [-0.25, -0.2) is 4.39 Å². The summed E-state index contributed by atoms with van der Waals surface area (Å²) in [6.07, 6.45) is -1.01. The number of rotatable bonds is 4. The minimum atomic E-state index is -1.01. The molecule has 0 saturated carbocycles. The smallest absolute Gasteiger partial charge is 0.165 e. The summed E-state index contributed by atoms with van der Waals surface area (Å²) in [7, 11) is 2.75. The Kier molecular flexibility index (Phi) is 3.88. The molecule has 0 heterocycles. The van der Waals surface area contributed by atoms with Gasteiger partial charge in [0.1, 0.15) is 5.75 Å². The summed E-state index contributed by atoms with van der Waals surface area (Å²) in [5.41, 5.74) is 5.56. The summed E-state index contributed by atoms with van der Waals surface area (Å²) in [4.78, 5) is 0. The molecular weight excluding hydrogens is 201 g/mol. The third-order valence-electron chi connectivity index (χ3n) is 2.09. The van der Waals surface area contributed by atoms with E-state index in [1.807, 2.05) is 0 Å². The van der Waals surface area contributed by atoms with Gasteiger partial charge in [-0.15, -0.1) is 0 Å². The lowest BCUT2D eigenvalue weighted by molar-refractivity contribution is 0.176. The van der Waals surface area contributed by atoms with E-state index in [1.54, 1.807) is 0 Å². The minimum absolute atomic E-state index is 0.0316. The van der Waals surface area contributed by atoms with E-state index in [2.05, 4.69) is 0 Å². The van der Waals surface area contributed by atoms with Gasteiger partial charge in [0.25, 0.3) is 0 Å². The molecule has 1 rings (SSSR count). The molecular formula is C10H14FNO3. The lowest BCUT2D eigenvalue weighted by Gasteiger charge is -2.17. The fraction of sp³-hybridized carbons (Fsp3) is 0.400. The number of halogens is 1. The summed E-state index contributed by atoms with van der Waals surface area (Å²) in [5.74, 6) is -0.237. The van der Waals surface area contributed by atoms with Crippen LogP contribution in [0.4, 0.5) is 4.39 Å². The standard InChI is InChI=1S/C10H14FNO3/c1-14-8-4-3-6(11)10(15-2)9(8)7(13)5-12/h3-4,7,13H,5,12H2,1-2H3/t7-/m0/s1. The number of hydrogen-bond donors (Lipinski definition) is 2. The number of aliphatic hydroxyl groups excluding tert-OH is 1. The first-order chi connectivity index (χ1) is 7.15. The molecule has 0 radical (unpaired) electrons. The molecule has 1 aromatic carbocycles. The van der Waals surface area contributed by atoms with E-state index >= 15 is 0 Å². The van der Waals surface area contributed by atoms with Crippen molar-refractivity contribution in [1.82, 2.24) is 0 Å². The van der Waals surface area contributed by atoms with E-state index < -0.39 is 11.9 Å². The van der Waals surface area contributed by atoms with Gasteiger partial charge >= 0.3 is 0 Å². The van der Waals surface area contributed by atoms with E-state index in [0.717, 1.165) is 0 Å². The summed E-state index contributed by atoms with van der Waals surface area (Å²) in [6.45, 7) is -0.0316. The summed E-state index contributed by atoms with van der Waals surface area (Å²) >= 11 is 0. The van der Waals surface area contributed by atoms with E-state index in [4.69, 9.17) is 15.2 Å². The van der Waals surface area contributed by atoms with Gasteiger partial charge in [0.2, 0.25) is 0 Å². The summed E-state index contributed by atoms with van der Waals surface area (Å²) in [5, 5.41) is 9.63. The molecule has 0 saturated heterocycles. The maximum absolute atomic E-state index is 13.3. The molecule has 0 fully saturated rings. The number of aliphatic hydroxyl groups is 1. The van der Waals surface area contributed by atoms with Crippen LogP contribution in [-0.2, 0) is 0 Å². The third kappa shape index (κ3) is 2.19. The number of nitrogens with two attached hydrogens (primary N) is 1. The van der Waals surface area contributed by atoms with E-state index in [1.165, 1.54) is 26.4 Å². The first kappa shape index (κ1) is 11.7. The Morgan fingerprint density at radius 1 is 1.40 bits per heavy atom. The van der Waals surface area contributed by atoms with Gasteiger partial charge in [0, 0.05) is 6.54 Å². The predicted octanol–water partition coefficient (Wildman–Crippen LogP) is 0.835. The second-order valence-electron chi connectivity index (χ2n) is 2.95. The fourth-order valence-electron chi connectivity index (χ4n) is 1.37. The lowest BCUT2D eigenvalue weighted by atomic mass is 10.1. The van der Waals surface area contributed by atoms with Crippen molar-refractivity contribution in [2.24, 2.45) is 5.73 Å². The minimum Gasteiger partial charge on any atom is -0.496 e. The number of benzene rings is 1. The lowest BCUT2D eigenvalue weighted by Crippen LogP contribution is -2.14. The zero-order valence-electron chi connectivity index (χ0n) is 8.66. The number of hydrogen-bond acceptors (Lipinski definition) is 4. The predicted molar refractivity (Wildman–Crippen MR) is 53.5 cm³/mol. The maximum Gasteiger partial charge on any atom is 0.165 e. The Morgan fingerprint density at radius 3 is 2.53 bits per heavy atom. The van der Waals surface area contributed by atoms with E-state index in [0.29, 0.717) is 5.75 Å². The zero-order chi connectivity index (χ0) is 11.4. The first-order valence-electron chi connectivity index (χ1n) is 4.44. The van der Waals surface area contributed by atoms with Crippen LogP contribution in [0.25, 0.3) is 0 Å². The molecule has 0 aliphatic heterocycles. The van der Waals surface area contributed by atoms with Gasteiger partial charge in [-0.3, -0.25) is 0 Å². The van der Waals surface area contributed by atoms with Crippen molar-refractivity contribution in [2.75, 3.05) is 20.8 Å². The molecule has 0 aromatic heterocycles. The molecule has 0 spiro atoms. The van der Waals surface area contributed by atoms with Gasteiger partial charge in [0.15, 0.2) is 11.6 Å². The molecule has 5 heteroatoms. The second-order valence-corrected chi connectivity index (χ2v) is 2.95. The van der Waals surface area contributed by atoms with E-state index in [9.17, 15) is 9.50 Å². The van der Waals surface area contributed by atoms with Crippen LogP contribution < -0.4 is 15.2 Å². The van der Waals surface area contributed by atoms with Crippen molar-refractivity contribution in [2.45, 2.75) is 6.10 Å².